The Labute approximate surface area is 114 Å². The van der Waals surface area contributed by atoms with Crippen LogP contribution in [0.4, 0.5) is 0 Å². The number of carboxylic acid groups (broad SMARTS) is 1. The molecule has 1 aliphatic heterocycles. The molecule has 0 bridgehead atoms. The second kappa shape index (κ2) is 8.12. The minimum atomic E-state index is -0.789. The van der Waals surface area contributed by atoms with Crippen molar-refractivity contribution in [2.24, 2.45) is 5.73 Å². The lowest BCUT2D eigenvalue weighted by atomic mass is 10.1. The molecule has 0 aromatic carbocycles. The van der Waals surface area contributed by atoms with Gasteiger partial charge >= 0.3 is 5.97 Å². The van der Waals surface area contributed by atoms with Crippen LogP contribution in [0.1, 0.15) is 39.0 Å². The molecule has 1 heterocycles. The highest BCUT2D eigenvalue weighted by Crippen LogP contribution is 2.07. The highest BCUT2D eigenvalue weighted by molar-refractivity contribution is 5.78. The van der Waals surface area contributed by atoms with Crippen LogP contribution < -0.4 is 11.1 Å². The Hall–Kier alpha value is -1.14. The molecule has 0 spiro atoms. The second-order valence-electron chi connectivity index (χ2n) is 5.37. The number of aliphatic carboxylic acids is 1. The predicted molar refractivity (Wildman–Crippen MR) is 72.7 cm³/mol. The van der Waals surface area contributed by atoms with Crippen LogP contribution in [0.2, 0.25) is 0 Å². The van der Waals surface area contributed by atoms with E-state index in [0.717, 1.165) is 25.9 Å². The Kier molecular flexibility index (Phi) is 6.80. The van der Waals surface area contributed by atoms with Crippen molar-refractivity contribution in [3.05, 3.63) is 0 Å². The maximum Gasteiger partial charge on any atom is 0.303 e. The third-order valence-electron chi connectivity index (χ3n) is 3.43. The predicted octanol–water partition coefficient (Wildman–Crippen LogP) is 0.169. The van der Waals surface area contributed by atoms with Crippen molar-refractivity contribution in [1.82, 2.24) is 10.2 Å². The SMILES string of the molecule is CC(CCCC(=O)O)NC(=O)CN1CCC(N)CC1. The van der Waals surface area contributed by atoms with Gasteiger partial charge in [0, 0.05) is 31.6 Å². The Morgan fingerprint density at radius 1 is 1.42 bits per heavy atom. The lowest BCUT2D eigenvalue weighted by Crippen LogP contribution is -2.46. The summed E-state index contributed by atoms with van der Waals surface area (Å²) in [6, 6.07) is 0.299. The largest absolute Gasteiger partial charge is 0.481 e. The van der Waals surface area contributed by atoms with Gasteiger partial charge in [-0.1, -0.05) is 0 Å². The first-order chi connectivity index (χ1) is 8.97. The molecule has 0 aromatic heterocycles. The van der Waals surface area contributed by atoms with Gasteiger partial charge < -0.3 is 16.2 Å². The summed E-state index contributed by atoms with van der Waals surface area (Å²) in [5.74, 6) is -0.776. The molecule has 6 nitrogen and oxygen atoms in total. The average molecular weight is 271 g/mol. The molecule has 0 aromatic rings. The third-order valence-corrected chi connectivity index (χ3v) is 3.43. The van der Waals surface area contributed by atoms with Gasteiger partial charge in [-0.05, 0) is 32.6 Å². The van der Waals surface area contributed by atoms with Crippen molar-refractivity contribution >= 4 is 11.9 Å². The zero-order valence-corrected chi connectivity index (χ0v) is 11.6. The molecule has 0 aliphatic carbocycles. The molecule has 110 valence electrons. The Balaban J connectivity index is 2.14. The maximum absolute atomic E-state index is 11.8. The molecule has 1 saturated heterocycles. The van der Waals surface area contributed by atoms with Gasteiger partial charge in [-0.3, -0.25) is 14.5 Å². The van der Waals surface area contributed by atoms with Gasteiger partial charge in [0.2, 0.25) is 5.91 Å². The fourth-order valence-electron chi connectivity index (χ4n) is 2.27. The maximum atomic E-state index is 11.8. The number of carbonyl (C=O) groups excluding carboxylic acids is 1. The number of nitrogens with zero attached hydrogens (tertiary/aromatic N) is 1. The highest BCUT2D eigenvalue weighted by Gasteiger charge is 2.18. The van der Waals surface area contributed by atoms with E-state index < -0.39 is 5.97 Å². The van der Waals surface area contributed by atoms with Crippen LogP contribution in [-0.2, 0) is 9.59 Å². The summed E-state index contributed by atoms with van der Waals surface area (Å²) in [4.78, 5) is 24.3. The van der Waals surface area contributed by atoms with Crippen LogP contribution in [0.25, 0.3) is 0 Å². The van der Waals surface area contributed by atoms with Crippen LogP contribution in [0.15, 0.2) is 0 Å². The number of hydrogen-bond donors (Lipinski definition) is 3. The Bertz CT molecular complexity index is 302. The van der Waals surface area contributed by atoms with E-state index in [1.807, 2.05) is 6.92 Å². The minimum Gasteiger partial charge on any atom is -0.481 e. The van der Waals surface area contributed by atoms with Gasteiger partial charge in [-0.25, -0.2) is 0 Å². The van der Waals surface area contributed by atoms with Gasteiger partial charge in [-0.15, -0.1) is 0 Å². The summed E-state index contributed by atoms with van der Waals surface area (Å²) in [6.07, 6.45) is 3.34. The van der Waals surface area contributed by atoms with Gasteiger partial charge in [0.05, 0.1) is 6.54 Å². The van der Waals surface area contributed by atoms with Crippen molar-refractivity contribution < 1.29 is 14.7 Å². The van der Waals surface area contributed by atoms with Crippen molar-refractivity contribution in [2.45, 2.75) is 51.1 Å². The lowest BCUT2D eigenvalue weighted by Gasteiger charge is -2.29. The van der Waals surface area contributed by atoms with E-state index in [1.165, 1.54) is 0 Å². The van der Waals surface area contributed by atoms with E-state index >= 15 is 0 Å². The van der Waals surface area contributed by atoms with Crippen LogP contribution in [0.5, 0.6) is 0 Å². The van der Waals surface area contributed by atoms with Crippen LogP contribution >= 0.6 is 0 Å². The second-order valence-corrected chi connectivity index (χ2v) is 5.37. The van der Waals surface area contributed by atoms with E-state index in [-0.39, 0.29) is 24.4 Å². The van der Waals surface area contributed by atoms with Crippen LogP contribution in [-0.4, -0.2) is 53.6 Å². The zero-order valence-electron chi connectivity index (χ0n) is 11.6. The first kappa shape index (κ1) is 15.9. The molecule has 1 atom stereocenters. The summed E-state index contributed by atoms with van der Waals surface area (Å²) >= 11 is 0. The fraction of sp³-hybridized carbons (Fsp3) is 0.846. The molecule has 1 rings (SSSR count). The monoisotopic (exact) mass is 271 g/mol. The van der Waals surface area contributed by atoms with E-state index in [4.69, 9.17) is 10.8 Å². The van der Waals surface area contributed by atoms with Crippen molar-refractivity contribution in [1.29, 1.82) is 0 Å². The van der Waals surface area contributed by atoms with E-state index in [1.54, 1.807) is 0 Å². The highest BCUT2D eigenvalue weighted by atomic mass is 16.4. The number of likely N-dealkylation sites (tertiary alicyclic amines) is 1. The number of carboxylic acids is 1. The number of nitrogens with one attached hydrogen (secondary N) is 1. The molecule has 1 fully saturated rings. The minimum absolute atomic E-state index is 0.0123. The van der Waals surface area contributed by atoms with Crippen LogP contribution in [0.3, 0.4) is 0 Å². The first-order valence-corrected chi connectivity index (χ1v) is 6.96. The fourth-order valence-corrected chi connectivity index (χ4v) is 2.27. The molecule has 6 heteroatoms. The topological polar surface area (TPSA) is 95.7 Å². The molecule has 1 unspecified atom stereocenters. The summed E-state index contributed by atoms with van der Waals surface area (Å²) in [7, 11) is 0. The normalized spacial score (nSPS) is 19.1. The van der Waals surface area contributed by atoms with Gasteiger partial charge in [0.1, 0.15) is 0 Å². The Morgan fingerprint density at radius 2 is 2.05 bits per heavy atom. The standard InChI is InChI=1S/C13H25N3O3/c1-10(3-2-4-13(18)19)15-12(17)9-16-7-5-11(14)6-8-16/h10-11H,2-9,14H2,1H3,(H,15,17)(H,18,19). The van der Waals surface area contributed by atoms with E-state index in [9.17, 15) is 9.59 Å². The molecule has 0 saturated carbocycles. The van der Waals surface area contributed by atoms with Crippen molar-refractivity contribution in [2.75, 3.05) is 19.6 Å². The smallest absolute Gasteiger partial charge is 0.303 e. The van der Waals surface area contributed by atoms with Crippen molar-refractivity contribution in [3.63, 3.8) is 0 Å². The molecule has 19 heavy (non-hydrogen) atoms. The van der Waals surface area contributed by atoms with E-state index in [0.29, 0.717) is 19.4 Å². The number of carbonyl (C=O) groups is 2. The first-order valence-electron chi connectivity index (χ1n) is 6.96. The quantitative estimate of drug-likeness (QED) is 0.613. The number of amides is 1. The summed E-state index contributed by atoms with van der Waals surface area (Å²) in [6.45, 7) is 4.08. The lowest BCUT2D eigenvalue weighted by molar-refractivity contribution is -0.137. The zero-order chi connectivity index (χ0) is 14.3. The number of nitrogens with two attached hydrogens (primary N) is 1. The molecule has 4 N–H and O–H groups in total. The van der Waals surface area contributed by atoms with Gasteiger partial charge in [0.25, 0.3) is 0 Å². The molecule has 1 aliphatic rings. The Morgan fingerprint density at radius 3 is 2.63 bits per heavy atom. The summed E-state index contributed by atoms with van der Waals surface area (Å²) < 4.78 is 0. The summed E-state index contributed by atoms with van der Waals surface area (Å²) in [5, 5.41) is 11.4. The average Bonchev–Trinajstić information content (AvgIpc) is 2.31. The van der Waals surface area contributed by atoms with Crippen LogP contribution in [0, 0.1) is 0 Å². The number of piperidine rings is 1. The molecular formula is C13H25N3O3. The number of hydrogen-bond acceptors (Lipinski definition) is 4. The molecule has 0 radical (unpaired) electrons. The molecular weight excluding hydrogens is 246 g/mol. The summed E-state index contributed by atoms with van der Waals surface area (Å²) in [5.41, 5.74) is 5.81. The molecule has 1 amide bonds. The van der Waals surface area contributed by atoms with Gasteiger partial charge in [-0.2, -0.15) is 0 Å². The number of rotatable bonds is 7. The van der Waals surface area contributed by atoms with Gasteiger partial charge in [0.15, 0.2) is 0 Å². The third kappa shape index (κ3) is 7.12. The van der Waals surface area contributed by atoms with E-state index in [2.05, 4.69) is 10.2 Å². The van der Waals surface area contributed by atoms with Crippen molar-refractivity contribution in [3.8, 4) is 0 Å².